The summed E-state index contributed by atoms with van der Waals surface area (Å²) in [5.74, 6) is 0. The van der Waals surface area contributed by atoms with Crippen LogP contribution in [-0.4, -0.2) is 48.6 Å². The van der Waals surface area contributed by atoms with Gasteiger partial charge in [0, 0.05) is 18.6 Å². The zero-order valence-corrected chi connectivity index (χ0v) is 8.29. The van der Waals surface area contributed by atoms with E-state index in [1.165, 1.54) is 38.9 Å². The molecule has 0 radical (unpaired) electrons. The van der Waals surface area contributed by atoms with Crippen molar-refractivity contribution >= 4 is 0 Å². The van der Waals surface area contributed by atoms with Crippen molar-refractivity contribution in [3.8, 4) is 0 Å². The fourth-order valence-corrected chi connectivity index (χ4v) is 2.90. The maximum absolute atomic E-state index is 2.65. The van der Waals surface area contributed by atoms with E-state index in [9.17, 15) is 0 Å². The lowest BCUT2D eigenvalue weighted by atomic mass is 9.98. The summed E-state index contributed by atoms with van der Waals surface area (Å²) in [6.07, 6.45) is 4.23. The molecule has 2 heterocycles. The molecular formula is C10H20N2. The third-order valence-corrected chi connectivity index (χ3v) is 3.61. The first-order chi connectivity index (χ1) is 5.83. The summed E-state index contributed by atoms with van der Waals surface area (Å²) < 4.78 is 0. The molecule has 2 fully saturated rings. The van der Waals surface area contributed by atoms with Crippen molar-refractivity contribution in [2.75, 3.05) is 26.7 Å². The van der Waals surface area contributed by atoms with Crippen LogP contribution < -0.4 is 0 Å². The third kappa shape index (κ3) is 1.27. The summed E-state index contributed by atoms with van der Waals surface area (Å²) in [7, 11) is 2.29. The smallest absolute Gasteiger partial charge is 0.0260 e. The SMILES string of the molecule is CCN1CCC2C1CCCN2C. The second-order valence-electron chi connectivity index (χ2n) is 4.17. The molecule has 12 heavy (non-hydrogen) atoms. The molecule has 0 aliphatic carbocycles. The van der Waals surface area contributed by atoms with Crippen molar-refractivity contribution in [1.29, 1.82) is 0 Å². The fourth-order valence-electron chi connectivity index (χ4n) is 2.90. The Morgan fingerprint density at radius 2 is 2.00 bits per heavy atom. The van der Waals surface area contributed by atoms with Crippen LogP contribution in [0.4, 0.5) is 0 Å². The van der Waals surface area contributed by atoms with Gasteiger partial charge in [0.1, 0.15) is 0 Å². The van der Waals surface area contributed by atoms with Crippen molar-refractivity contribution in [2.24, 2.45) is 0 Å². The zero-order chi connectivity index (χ0) is 8.55. The van der Waals surface area contributed by atoms with Crippen molar-refractivity contribution in [3.05, 3.63) is 0 Å². The molecule has 2 saturated heterocycles. The molecule has 0 bridgehead atoms. The van der Waals surface area contributed by atoms with Gasteiger partial charge in [0.05, 0.1) is 0 Å². The predicted octanol–water partition coefficient (Wildman–Crippen LogP) is 1.17. The molecule has 0 saturated carbocycles. The van der Waals surface area contributed by atoms with Crippen LogP contribution in [0, 0.1) is 0 Å². The van der Waals surface area contributed by atoms with E-state index in [-0.39, 0.29) is 0 Å². The molecule has 2 aliphatic heterocycles. The van der Waals surface area contributed by atoms with Crippen LogP contribution in [0.3, 0.4) is 0 Å². The molecule has 0 amide bonds. The number of fused-ring (bicyclic) bond motifs is 1. The van der Waals surface area contributed by atoms with E-state index in [0.717, 1.165) is 12.1 Å². The first kappa shape index (κ1) is 8.52. The van der Waals surface area contributed by atoms with Crippen molar-refractivity contribution in [1.82, 2.24) is 9.80 Å². The molecular weight excluding hydrogens is 148 g/mol. The standard InChI is InChI=1S/C10H20N2/c1-3-12-8-6-9-10(12)5-4-7-11(9)2/h9-10H,3-8H2,1-2H3. The van der Waals surface area contributed by atoms with E-state index in [4.69, 9.17) is 0 Å². The van der Waals surface area contributed by atoms with Gasteiger partial charge in [-0.2, -0.15) is 0 Å². The first-order valence-electron chi connectivity index (χ1n) is 5.27. The van der Waals surface area contributed by atoms with Gasteiger partial charge in [-0.25, -0.2) is 0 Å². The number of piperidine rings is 1. The minimum atomic E-state index is 0.874. The zero-order valence-electron chi connectivity index (χ0n) is 8.29. The maximum atomic E-state index is 2.65. The topological polar surface area (TPSA) is 6.48 Å². The van der Waals surface area contributed by atoms with Gasteiger partial charge in [0.2, 0.25) is 0 Å². The lowest BCUT2D eigenvalue weighted by Crippen LogP contribution is -2.47. The molecule has 0 aromatic rings. The van der Waals surface area contributed by atoms with Crippen LogP contribution in [0.2, 0.25) is 0 Å². The van der Waals surface area contributed by atoms with Gasteiger partial charge < -0.3 is 4.90 Å². The molecule has 70 valence electrons. The summed E-state index contributed by atoms with van der Waals surface area (Å²) in [5.41, 5.74) is 0. The monoisotopic (exact) mass is 168 g/mol. The summed E-state index contributed by atoms with van der Waals surface area (Å²) in [4.78, 5) is 5.21. The molecule has 2 rings (SSSR count). The van der Waals surface area contributed by atoms with Crippen molar-refractivity contribution in [2.45, 2.75) is 38.3 Å². The van der Waals surface area contributed by atoms with E-state index in [0.29, 0.717) is 0 Å². The number of nitrogens with zero attached hydrogens (tertiary/aromatic N) is 2. The summed E-state index contributed by atoms with van der Waals surface area (Å²) >= 11 is 0. The summed E-state index contributed by atoms with van der Waals surface area (Å²) in [5, 5.41) is 0. The number of hydrogen-bond donors (Lipinski definition) is 0. The quantitative estimate of drug-likeness (QED) is 0.580. The fraction of sp³-hybridized carbons (Fsp3) is 1.00. The number of likely N-dealkylation sites (tertiary alicyclic amines) is 2. The van der Waals surface area contributed by atoms with Crippen molar-refractivity contribution in [3.63, 3.8) is 0 Å². The Hall–Kier alpha value is -0.0800. The van der Waals surface area contributed by atoms with Crippen molar-refractivity contribution < 1.29 is 0 Å². The highest BCUT2D eigenvalue weighted by molar-refractivity contribution is 4.94. The van der Waals surface area contributed by atoms with Gasteiger partial charge in [-0.05, 0) is 39.4 Å². The Morgan fingerprint density at radius 1 is 1.17 bits per heavy atom. The lowest BCUT2D eigenvalue weighted by Gasteiger charge is -2.37. The highest BCUT2D eigenvalue weighted by Gasteiger charge is 2.37. The van der Waals surface area contributed by atoms with Crippen LogP contribution in [0.15, 0.2) is 0 Å². The second-order valence-corrected chi connectivity index (χ2v) is 4.17. The van der Waals surface area contributed by atoms with E-state index in [2.05, 4.69) is 23.8 Å². The lowest BCUT2D eigenvalue weighted by molar-refractivity contribution is 0.120. The molecule has 2 aliphatic rings. The molecule has 0 spiro atoms. The summed E-state index contributed by atoms with van der Waals surface area (Å²) in [6.45, 7) is 6.18. The summed E-state index contributed by atoms with van der Waals surface area (Å²) in [6, 6.07) is 1.76. The average Bonchev–Trinajstić information content (AvgIpc) is 2.49. The maximum Gasteiger partial charge on any atom is 0.0260 e. The Morgan fingerprint density at radius 3 is 2.75 bits per heavy atom. The van der Waals surface area contributed by atoms with Gasteiger partial charge >= 0.3 is 0 Å². The van der Waals surface area contributed by atoms with E-state index >= 15 is 0 Å². The van der Waals surface area contributed by atoms with Crippen LogP contribution in [0.5, 0.6) is 0 Å². The van der Waals surface area contributed by atoms with Gasteiger partial charge in [0.15, 0.2) is 0 Å². The van der Waals surface area contributed by atoms with E-state index in [1.807, 2.05) is 0 Å². The van der Waals surface area contributed by atoms with Crippen LogP contribution in [-0.2, 0) is 0 Å². The number of likely N-dealkylation sites (N-methyl/N-ethyl adjacent to an activating group) is 2. The molecule has 2 nitrogen and oxygen atoms in total. The average molecular weight is 168 g/mol. The Labute approximate surface area is 75.5 Å². The molecule has 2 unspecified atom stereocenters. The Balaban J connectivity index is 2.04. The van der Waals surface area contributed by atoms with Gasteiger partial charge in [0.25, 0.3) is 0 Å². The Bertz CT molecular complexity index is 158. The molecule has 2 atom stereocenters. The largest absolute Gasteiger partial charge is 0.302 e. The highest BCUT2D eigenvalue weighted by Crippen LogP contribution is 2.28. The van der Waals surface area contributed by atoms with Crippen LogP contribution in [0.25, 0.3) is 0 Å². The van der Waals surface area contributed by atoms with Gasteiger partial charge in [-0.15, -0.1) is 0 Å². The first-order valence-corrected chi connectivity index (χ1v) is 5.27. The molecule has 0 aromatic carbocycles. The normalized spacial score (nSPS) is 38.5. The minimum Gasteiger partial charge on any atom is -0.302 e. The van der Waals surface area contributed by atoms with Gasteiger partial charge in [-0.3, -0.25) is 4.90 Å². The third-order valence-electron chi connectivity index (χ3n) is 3.61. The molecule has 2 heteroatoms. The van der Waals surface area contributed by atoms with E-state index in [1.54, 1.807) is 0 Å². The molecule has 0 N–H and O–H groups in total. The minimum absolute atomic E-state index is 0.874. The van der Waals surface area contributed by atoms with Crippen LogP contribution in [0.1, 0.15) is 26.2 Å². The van der Waals surface area contributed by atoms with Gasteiger partial charge in [-0.1, -0.05) is 6.92 Å². The molecule has 0 aromatic heterocycles. The predicted molar refractivity (Wildman–Crippen MR) is 51.3 cm³/mol. The van der Waals surface area contributed by atoms with Crippen LogP contribution >= 0.6 is 0 Å². The van der Waals surface area contributed by atoms with E-state index < -0.39 is 0 Å². The number of hydrogen-bond acceptors (Lipinski definition) is 2. The number of rotatable bonds is 1. The highest BCUT2D eigenvalue weighted by atomic mass is 15.3. The second kappa shape index (κ2) is 3.35. The Kier molecular flexibility index (Phi) is 2.37.